The van der Waals surface area contributed by atoms with Gasteiger partial charge in [0.1, 0.15) is 12.1 Å². The standard InChI is InChI=1S/C30H37N7O4/c1-21(35-30(41)22(2)34-23(3)38)29(40)33-17-14-24-10-12-25(13-11-24)36-28(39)20-37(18-26-8-4-6-15-31-26)19-27-9-5-7-16-32-27/h4-13,15-16,21-22H,14,17-20H2,1-3H3,(H,33,40)(H,34,38)(H,35,41)(H,36,39). The Hall–Kier alpha value is -4.64. The third kappa shape index (κ3) is 11.2. The van der Waals surface area contributed by atoms with Crippen LogP contribution in [0.25, 0.3) is 0 Å². The first-order valence-electron chi connectivity index (χ1n) is 13.5. The molecule has 0 aliphatic heterocycles. The van der Waals surface area contributed by atoms with Crippen molar-refractivity contribution in [3.05, 3.63) is 90.0 Å². The van der Waals surface area contributed by atoms with Crippen molar-refractivity contribution in [1.29, 1.82) is 0 Å². The Morgan fingerprint density at radius 2 is 1.37 bits per heavy atom. The van der Waals surface area contributed by atoms with E-state index < -0.39 is 18.0 Å². The number of nitrogens with one attached hydrogen (secondary N) is 4. The summed E-state index contributed by atoms with van der Waals surface area (Å²) in [4.78, 5) is 59.1. The zero-order valence-electron chi connectivity index (χ0n) is 23.6. The van der Waals surface area contributed by atoms with Gasteiger partial charge in [-0.3, -0.25) is 34.0 Å². The summed E-state index contributed by atoms with van der Waals surface area (Å²) in [5.41, 5.74) is 3.38. The van der Waals surface area contributed by atoms with Gasteiger partial charge in [0.2, 0.25) is 23.6 Å². The van der Waals surface area contributed by atoms with Gasteiger partial charge >= 0.3 is 0 Å². The minimum atomic E-state index is -0.744. The summed E-state index contributed by atoms with van der Waals surface area (Å²) in [5, 5.41) is 10.8. The van der Waals surface area contributed by atoms with Gasteiger partial charge in [-0.25, -0.2) is 0 Å². The lowest BCUT2D eigenvalue weighted by atomic mass is 10.1. The predicted molar refractivity (Wildman–Crippen MR) is 155 cm³/mol. The fourth-order valence-electron chi connectivity index (χ4n) is 4.03. The molecule has 2 aromatic heterocycles. The van der Waals surface area contributed by atoms with Crippen molar-refractivity contribution in [3.63, 3.8) is 0 Å². The van der Waals surface area contributed by atoms with Crippen molar-refractivity contribution in [2.75, 3.05) is 18.4 Å². The fraction of sp³-hybridized carbons (Fsp3) is 0.333. The molecule has 216 valence electrons. The van der Waals surface area contributed by atoms with Gasteiger partial charge in [-0.2, -0.15) is 0 Å². The van der Waals surface area contributed by atoms with Crippen molar-refractivity contribution in [2.45, 2.75) is 52.4 Å². The Morgan fingerprint density at radius 3 is 1.90 bits per heavy atom. The first-order chi connectivity index (χ1) is 19.7. The van der Waals surface area contributed by atoms with Gasteiger partial charge in [0.15, 0.2) is 0 Å². The molecule has 4 amide bonds. The SMILES string of the molecule is CC(=O)NC(C)C(=O)NC(C)C(=O)NCCc1ccc(NC(=O)CN(Cc2ccccn2)Cc2ccccn2)cc1. The quantitative estimate of drug-likeness (QED) is 0.236. The van der Waals surface area contributed by atoms with Crippen LogP contribution in [-0.2, 0) is 38.7 Å². The second-order valence-electron chi connectivity index (χ2n) is 9.73. The minimum Gasteiger partial charge on any atom is -0.354 e. The van der Waals surface area contributed by atoms with Crippen LogP contribution < -0.4 is 21.3 Å². The lowest BCUT2D eigenvalue weighted by Gasteiger charge is -2.21. The first kappa shape index (κ1) is 30.9. The Morgan fingerprint density at radius 1 is 0.780 bits per heavy atom. The van der Waals surface area contributed by atoms with Crippen LogP contribution in [0.3, 0.4) is 0 Å². The number of aromatic nitrogens is 2. The average Bonchev–Trinajstić information content (AvgIpc) is 2.94. The van der Waals surface area contributed by atoms with Crippen molar-refractivity contribution < 1.29 is 19.2 Å². The Bertz CT molecular complexity index is 1250. The van der Waals surface area contributed by atoms with Crippen LogP contribution >= 0.6 is 0 Å². The van der Waals surface area contributed by atoms with Crippen LogP contribution in [-0.4, -0.2) is 63.7 Å². The second kappa shape index (κ2) is 15.8. The summed E-state index contributed by atoms with van der Waals surface area (Å²) in [6.07, 6.45) is 4.04. The zero-order valence-corrected chi connectivity index (χ0v) is 23.6. The number of rotatable bonds is 14. The lowest BCUT2D eigenvalue weighted by molar-refractivity contribution is -0.131. The number of carbonyl (C=O) groups is 4. The first-order valence-corrected chi connectivity index (χ1v) is 13.5. The highest BCUT2D eigenvalue weighted by Gasteiger charge is 2.20. The number of pyridine rings is 2. The summed E-state index contributed by atoms with van der Waals surface area (Å²) in [5.74, 6) is -1.23. The van der Waals surface area contributed by atoms with E-state index in [0.29, 0.717) is 31.7 Å². The third-order valence-corrected chi connectivity index (χ3v) is 6.11. The van der Waals surface area contributed by atoms with Gasteiger partial charge in [-0.1, -0.05) is 24.3 Å². The Kier molecular flexibility index (Phi) is 11.9. The van der Waals surface area contributed by atoms with E-state index in [1.807, 2.05) is 65.6 Å². The predicted octanol–water partition coefficient (Wildman–Crippen LogP) is 1.81. The maximum atomic E-state index is 12.9. The smallest absolute Gasteiger partial charge is 0.242 e. The molecule has 0 saturated carbocycles. The molecule has 41 heavy (non-hydrogen) atoms. The van der Waals surface area contributed by atoms with Crippen LogP contribution in [0.1, 0.15) is 37.7 Å². The minimum absolute atomic E-state index is 0.152. The van der Waals surface area contributed by atoms with Gasteiger partial charge in [-0.05, 0) is 62.2 Å². The largest absolute Gasteiger partial charge is 0.354 e. The molecule has 2 heterocycles. The van der Waals surface area contributed by atoms with E-state index in [9.17, 15) is 19.2 Å². The summed E-state index contributed by atoms with van der Waals surface area (Å²) in [6, 6.07) is 17.4. The highest BCUT2D eigenvalue weighted by molar-refractivity contribution is 5.92. The fourth-order valence-corrected chi connectivity index (χ4v) is 4.03. The van der Waals surface area contributed by atoms with Crippen molar-refractivity contribution in [3.8, 4) is 0 Å². The summed E-state index contributed by atoms with van der Waals surface area (Å²) in [6.45, 7) is 6.01. The summed E-state index contributed by atoms with van der Waals surface area (Å²) in [7, 11) is 0. The van der Waals surface area contributed by atoms with E-state index in [0.717, 1.165) is 17.0 Å². The third-order valence-electron chi connectivity index (χ3n) is 6.11. The van der Waals surface area contributed by atoms with Crippen LogP contribution in [0.15, 0.2) is 73.1 Å². The highest BCUT2D eigenvalue weighted by Crippen LogP contribution is 2.12. The topological polar surface area (TPSA) is 145 Å². The summed E-state index contributed by atoms with van der Waals surface area (Å²) >= 11 is 0. The monoisotopic (exact) mass is 559 g/mol. The number of nitrogens with zero attached hydrogens (tertiary/aromatic N) is 3. The Labute approximate surface area is 240 Å². The van der Waals surface area contributed by atoms with Crippen LogP contribution in [0.4, 0.5) is 5.69 Å². The molecule has 4 N–H and O–H groups in total. The summed E-state index contributed by atoms with van der Waals surface area (Å²) < 4.78 is 0. The molecule has 3 aromatic rings. The maximum Gasteiger partial charge on any atom is 0.242 e. The van der Waals surface area contributed by atoms with E-state index in [1.54, 1.807) is 26.2 Å². The molecule has 2 unspecified atom stereocenters. The lowest BCUT2D eigenvalue weighted by Crippen LogP contribution is -2.51. The number of carbonyl (C=O) groups excluding carboxylic acids is 4. The molecule has 0 spiro atoms. The molecule has 0 bridgehead atoms. The molecule has 11 heteroatoms. The number of anilines is 1. The Balaban J connectivity index is 1.46. The molecule has 0 fully saturated rings. The van der Waals surface area contributed by atoms with Gasteiger partial charge in [0, 0.05) is 44.6 Å². The van der Waals surface area contributed by atoms with Gasteiger partial charge in [-0.15, -0.1) is 0 Å². The molecule has 11 nitrogen and oxygen atoms in total. The van der Waals surface area contributed by atoms with E-state index >= 15 is 0 Å². The molecule has 0 aliphatic rings. The normalized spacial score (nSPS) is 12.2. The average molecular weight is 560 g/mol. The van der Waals surface area contributed by atoms with E-state index in [4.69, 9.17) is 0 Å². The molecule has 0 saturated heterocycles. The van der Waals surface area contributed by atoms with Gasteiger partial charge < -0.3 is 21.3 Å². The molecule has 0 radical (unpaired) electrons. The number of benzene rings is 1. The molecule has 0 aliphatic carbocycles. The highest BCUT2D eigenvalue weighted by atomic mass is 16.2. The van der Waals surface area contributed by atoms with E-state index in [-0.39, 0.29) is 24.3 Å². The maximum absolute atomic E-state index is 12.9. The van der Waals surface area contributed by atoms with Crippen molar-refractivity contribution >= 4 is 29.3 Å². The van der Waals surface area contributed by atoms with Crippen LogP contribution in [0.2, 0.25) is 0 Å². The molecule has 2 atom stereocenters. The van der Waals surface area contributed by atoms with E-state index in [2.05, 4.69) is 31.2 Å². The molecule has 1 aromatic carbocycles. The number of hydrogen-bond acceptors (Lipinski definition) is 7. The second-order valence-corrected chi connectivity index (χ2v) is 9.73. The van der Waals surface area contributed by atoms with Gasteiger partial charge in [0.05, 0.1) is 17.9 Å². The van der Waals surface area contributed by atoms with Crippen molar-refractivity contribution in [1.82, 2.24) is 30.8 Å². The molecular formula is C30H37N7O4. The van der Waals surface area contributed by atoms with Crippen LogP contribution in [0, 0.1) is 0 Å². The number of amides is 4. The zero-order chi connectivity index (χ0) is 29.6. The van der Waals surface area contributed by atoms with E-state index in [1.165, 1.54) is 6.92 Å². The number of hydrogen-bond donors (Lipinski definition) is 4. The molecule has 3 rings (SSSR count). The molecular weight excluding hydrogens is 522 g/mol. The van der Waals surface area contributed by atoms with Crippen molar-refractivity contribution in [2.24, 2.45) is 0 Å². The van der Waals surface area contributed by atoms with Crippen LogP contribution in [0.5, 0.6) is 0 Å². The van der Waals surface area contributed by atoms with Gasteiger partial charge in [0.25, 0.3) is 0 Å².